The van der Waals surface area contributed by atoms with Gasteiger partial charge in [0.1, 0.15) is 5.76 Å². The monoisotopic (exact) mass is 334 g/mol. The Morgan fingerprint density at radius 3 is 2.21 bits per heavy atom. The second-order valence-corrected chi connectivity index (χ2v) is 5.26. The molecule has 0 radical (unpaired) electrons. The second-order valence-electron chi connectivity index (χ2n) is 5.26. The van der Waals surface area contributed by atoms with Crippen molar-refractivity contribution in [3.05, 3.63) is 29.2 Å². The van der Waals surface area contributed by atoms with Gasteiger partial charge in [-0.25, -0.2) is 0 Å². The average Bonchev–Trinajstić information content (AvgIpc) is 2.90. The van der Waals surface area contributed by atoms with Crippen molar-refractivity contribution in [3.63, 3.8) is 0 Å². The first-order chi connectivity index (χ1) is 11.5. The molecule has 0 aliphatic heterocycles. The number of hydrogen-bond donors (Lipinski definition) is 1. The predicted molar refractivity (Wildman–Crippen MR) is 89.0 cm³/mol. The van der Waals surface area contributed by atoms with Crippen LogP contribution in [0.25, 0.3) is 0 Å². The fraction of sp³-hybridized carbons (Fsp3) is 0.412. The van der Waals surface area contributed by atoms with Crippen LogP contribution in [0.5, 0.6) is 17.2 Å². The maximum Gasteiger partial charge on any atom is 0.224 e. The van der Waals surface area contributed by atoms with Crippen molar-refractivity contribution in [1.82, 2.24) is 5.16 Å². The van der Waals surface area contributed by atoms with Gasteiger partial charge in [-0.1, -0.05) is 5.16 Å². The lowest BCUT2D eigenvalue weighted by atomic mass is 10.1. The number of ether oxygens (including phenoxy) is 3. The number of rotatable bonds is 7. The molecular weight excluding hydrogens is 312 g/mol. The van der Waals surface area contributed by atoms with E-state index in [0.717, 1.165) is 17.0 Å². The number of methoxy groups -OCH3 is 3. The van der Waals surface area contributed by atoms with Crippen molar-refractivity contribution in [3.8, 4) is 17.2 Å². The molecular formula is C17H22N2O5. The molecule has 7 nitrogen and oxygen atoms in total. The highest BCUT2D eigenvalue weighted by atomic mass is 16.5. The van der Waals surface area contributed by atoms with Gasteiger partial charge in [0.05, 0.1) is 27.0 Å². The van der Waals surface area contributed by atoms with Crippen LogP contribution in [-0.4, -0.2) is 32.4 Å². The quantitative estimate of drug-likeness (QED) is 0.838. The molecule has 1 aromatic carbocycles. The molecule has 0 atom stereocenters. The van der Waals surface area contributed by atoms with E-state index in [0.29, 0.717) is 35.8 Å². The van der Waals surface area contributed by atoms with Crippen molar-refractivity contribution in [2.75, 3.05) is 26.6 Å². The van der Waals surface area contributed by atoms with E-state index in [1.54, 1.807) is 12.1 Å². The van der Waals surface area contributed by atoms with Gasteiger partial charge < -0.3 is 24.1 Å². The minimum Gasteiger partial charge on any atom is -0.493 e. The summed E-state index contributed by atoms with van der Waals surface area (Å²) in [4.78, 5) is 12.2. The fourth-order valence-electron chi connectivity index (χ4n) is 2.47. The molecule has 0 saturated heterocycles. The highest BCUT2D eigenvalue weighted by Gasteiger charge is 2.15. The van der Waals surface area contributed by atoms with E-state index >= 15 is 0 Å². The number of anilines is 1. The van der Waals surface area contributed by atoms with E-state index in [2.05, 4.69) is 10.5 Å². The summed E-state index contributed by atoms with van der Waals surface area (Å²) in [5, 5.41) is 6.73. The number of carbonyl (C=O) groups is 1. The number of hydrogen-bond acceptors (Lipinski definition) is 6. The molecule has 130 valence electrons. The molecule has 1 N–H and O–H groups in total. The van der Waals surface area contributed by atoms with Gasteiger partial charge in [-0.05, 0) is 20.3 Å². The van der Waals surface area contributed by atoms with Gasteiger partial charge in [0.25, 0.3) is 0 Å². The van der Waals surface area contributed by atoms with Gasteiger partial charge in [0, 0.05) is 29.8 Å². The Hall–Kier alpha value is -2.70. The maximum absolute atomic E-state index is 12.2. The van der Waals surface area contributed by atoms with Crippen LogP contribution < -0.4 is 19.5 Å². The Morgan fingerprint density at radius 2 is 1.75 bits per heavy atom. The lowest BCUT2D eigenvalue weighted by molar-refractivity contribution is -0.116. The summed E-state index contributed by atoms with van der Waals surface area (Å²) in [6, 6.07) is 3.38. The largest absolute Gasteiger partial charge is 0.493 e. The predicted octanol–water partition coefficient (Wildman–Crippen LogP) is 2.89. The van der Waals surface area contributed by atoms with Crippen molar-refractivity contribution in [2.45, 2.75) is 26.7 Å². The van der Waals surface area contributed by atoms with Crippen LogP contribution in [0.2, 0.25) is 0 Å². The van der Waals surface area contributed by atoms with E-state index in [-0.39, 0.29) is 5.91 Å². The first kappa shape index (κ1) is 17.7. The topological polar surface area (TPSA) is 82.8 Å². The number of amides is 1. The molecule has 0 bridgehead atoms. The Kier molecular flexibility index (Phi) is 5.68. The molecule has 0 fully saturated rings. The van der Waals surface area contributed by atoms with E-state index < -0.39 is 0 Å². The van der Waals surface area contributed by atoms with Crippen LogP contribution >= 0.6 is 0 Å². The highest BCUT2D eigenvalue weighted by Crippen LogP contribution is 2.39. The minimum absolute atomic E-state index is 0.121. The zero-order chi connectivity index (χ0) is 17.7. The molecule has 7 heteroatoms. The lowest BCUT2D eigenvalue weighted by Crippen LogP contribution is -2.13. The van der Waals surface area contributed by atoms with Gasteiger partial charge in [-0.15, -0.1) is 0 Å². The third kappa shape index (κ3) is 3.79. The van der Waals surface area contributed by atoms with E-state index in [1.165, 1.54) is 21.3 Å². The van der Waals surface area contributed by atoms with Crippen LogP contribution in [0.1, 0.15) is 23.4 Å². The summed E-state index contributed by atoms with van der Waals surface area (Å²) < 4.78 is 20.9. The minimum atomic E-state index is -0.121. The van der Waals surface area contributed by atoms with E-state index in [9.17, 15) is 4.79 Å². The third-order valence-electron chi connectivity index (χ3n) is 3.73. The first-order valence-electron chi connectivity index (χ1n) is 7.51. The summed E-state index contributed by atoms with van der Waals surface area (Å²) in [6.07, 6.45) is 0.886. The van der Waals surface area contributed by atoms with Crippen molar-refractivity contribution >= 4 is 11.6 Å². The summed E-state index contributed by atoms with van der Waals surface area (Å²) >= 11 is 0. The Bertz CT molecular complexity index is 679. The smallest absolute Gasteiger partial charge is 0.224 e. The van der Waals surface area contributed by atoms with Gasteiger partial charge in [-0.2, -0.15) is 0 Å². The molecule has 1 aromatic heterocycles. The normalized spacial score (nSPS) is 10.4. The Morgan fingerprint density at radius 1 is 1.12 bits per heavy atom. The van der Waals surface area contributed by atoms with Crippen molar-refractivity contribution in [1.29, 1.82) is 0 Å². The molecule has 24 heavy (non-hydrogen) atoms. The Balaban J connectivity index is 2.08. The zero-order valence-electron chi connectivity index (χ0n) is 14.6. The molecule has 0 saturated carbocycles. The fourth-order valence-corrected chi connectivity index (χ4v) is 2.47. The van der Waals surface area contributed by atoms with E-state index in [1.807, 2.05) is 13.8 Å². The standard InChI is InChI=1S/C17H22N2O5/c1-10-13(11(2)24-19-10)6-7-16(20)18-12-8-14(21-3)17(23-5)15(9-12)22-4/h8-9H,6-7H2,1-5H3,(H,18,20). The van der Waals surface area contributed by atoms with Gasteiger partial charge in [0.15, 0.2) is 11.5 Å². The van der Waals surface area contributed by atoms with Crippen LogP contribution in [0.15, 0.2) is 16.7 Å². The van der Waals surface area contributed by atoms with Crippen molar-refractivity contribution in [2.24, 2.45) is 0 Å². The summed E-state index contributed by atoms with van der Waals surface area (Å²) in [6.45, 7) is 3.70. The number of aromatic nitrogens is 1. The zero-order valence-corrected chi connectivity index (χ0v) is 14.6. The van der Waals surface area contributed by atoms with Gasteiger partial charge in [-0.3, -0.25) is 4.79 Å². The Labute approximate surface area is 140 Å². The molecule has 1 amide bonds. The summed E-state index contributed by atoms with van der Waals surface area (Å²) in [5.41, 5.74) is 2.36. The number of nitrogens with zero attached hydrogens (tertiary/aromatic N) is 1. The van der Waals surface area contributed by atoms with Gasteiger partial charge in [0.2, 0.25) is 11.7 Å². The SMILES string of the molecule is COc1cc(NC(=O)CCc2c(C)noc2C)cc(OC)c1OC. The highest BCUT2D eigenvalue weighted by molar-refractivity contribution is 5.91. The van der Waals surface area contributed by atoms with Crippen molar-refractivity contribution < 1.29 is 23.5 Å². The summed E-state index contributed by atoms with van der Waals surface area (Å²) in [5.74, 6) is 2.07. The third-order valence-corrected chi connectivity index (χ3v) is 3.73. The molecule has 0 spiro atoms. The summed E-state index contributed by atoms with van der Waals surface area (Å²) in [7, 11) is 4.59. The molecule has 0 aliphatic carbocycles. The average molecular weight is 334 g/mol. The van der Waals surface area contributed by atoms with Crippen LogP contribution in [0.3, 0.4) is 0 Å². The lowest BCUT2D eigenvalue weighted by Gasteiger charge is -2.14. The number of carbonyl (C=O) groups excluding carboxylic acids is 1. The number of benzene rings is 1. The molecule has 2 rings (SSSR count). The van der Waals surface area contributed by atoms with Crippen LogP contribution in [0, 0.1) is 13.8 Å². The van der Waals surface area contributed by atoms with E-state index in [4.69, 9.17) is 18.7 Å². The second kappa shape index (κ2) is 7.72. The number of nitrogens with one attached hydrogen (secondary N) is 1. The van der Waals surface area contributed by atoms with Crippen LogP contribution in [0.4, 0.5) is 5.69 Å². The molecule has 0 unspecified atom stereocenters. The first-order valence-corrected chi connectivity index (χ1v) is 7.51. The van der Waals surface area contributed by atoms with Gasteiger partial charge >= 0.3 is 0 Å². The molecule has 2 aromatic rings. The molecule has 0 aliphatic rings. The maximum atomic E-state index is 12.2. The molecule has 1 heterocycles. The van der Waals surface area contributed by atoms with Crippen LogP contribution in [-0.2, 0) is 11.2 Å². The number of aryl methyl sites for hydroxylation is 2.